The highest BCUT2D eigenvalue weighted by Gasteiger charge is 2.11. The molecule has 114 valence electrons. The zero-order valence-corrected chi connectivity index (χ0v) is 14.3. The lowest BCUT2D eigenvalue weighted by molar-refractivity contribution is 0.421. The van der Waals surface area contributed by atoms with Crippen molar-refractivity contribution in [3.05, 3.63) is 40.0 Å². The molecule has 0 saturated heterocycles. The van der Waals surface area contributed by atoms with Crippen LogP contribution in [0.4, 0.5) is 5.82 Å². The third kappa shape index (κ3) is 4.79. The lowest BCUT2D eigenvalue weighted by Crippen LogP contribution is -2.35. The quantitative estimate of drug-likeness (QED) is 0.919. The number of anilines is 1. The summed E-state index contributed by atoms with van der Waals surface area (Å²) >= 11 is 1.70. The first-order valence-corrected chi connectivity index (χ1v) is 8.04. The number of aryl methyl sites for hydroxylation is 1. The standard InChI is InChI=1S/C16H24N4S/c1-12-14(21-11-17-12)10-20(5)15-8-6-7-13(19-15)9-18-16(2,3)4/h6-8,11,18H,9-10H2,1-5H3. The fourth-order valence-corrected chi connectivity index (χ4v) is 2.74. The first kappa shape index (κ1) is 15.9. The predicted octanol–water partition coefficient (Wildman–Crippen LogP) is 3.37. The summed E-state index contributed by atoms with van der Waals surface area (Å²) < 4.78 is 0. The average Bonchev–Trinajstić information content (AvgIpc) is 2.81. The number of pyridine rings is 1. The number of aromatic nitrogens is 2. The van der Waals surface area contributed by atoms with E-state index in [0.717, 1.165) is 30.3 Å². The molecule has 2 aromatic heterocycles. The van der Waals surface area contributed by atoms with Crippen LogP contribution in [0.1, 0.15) is 37.0 Å². The topological polar surface area (TPSA) is 41.1 Å². The molecule has 4 nitrogen and oxygen atoms in total. The van der Waals surface area contributed by atoms with Gasteiger partial charge < -0.3 is 10.2 Å². The molecule has 0 aromatic carbocycles. The van der Waals surface area contributed by atoms with Crippen molar-refractivity contribution in [2.75, 3.05) is 11.9 Å². The van der Waals surface area contributed by atoms with Crippen molar-refractivity contribution in [2.24, 2.45) is 0 Å². The van der Waals surface area contributed by atoms with Crippen LogP contribution in [0, 0.1) is 6.92 Å². The first-order valence-electron chi connectivity index (χ1n) is 7.16. The van der Waals surface area contributed by atoms with Crippen molar-refractivity contribution in [3.8, 4) is 0 Å². The summed E-state index contributed by atoms with van der Waals surface area (Å²) in [5.41, 5.74) is 4.17. The highest BCUT2D eigenvalue weighted by atomic mass is 32.1. The fourth-order valence-electron chi connectivity index (χ4n) is 1.91. The van der Waals surface area contributed by atoms with E-state index in [-0.39, 0.29) is 5.54 Å². The number of hydrogen-bond donors (Lipinski definition) is 1. The Morgan fingerprint density at radius 2 is 2.05 bits per heavy atom. The Bertz CT molecular complexity index is 586. The van der Waals surface area contributed by atoms with Crippen LogP contribution in [0.15, 0.2) is 23.7 Å². The van der Waals surface area contributed by atoms with Crippen LogP contribution in [0.5, 0.6) is 0 Å². The Labute approximate surface area is 131 Å². The number of hydrogen-bond acceptors (Lipinski definition) is 5. The highest BCUT2D eigenvalue weighted by molar-refractivity contribution is 7.09. The normalized spacial score (nSPS) is 11.7. The van der Waals surface area contributed by atoms with Crippen LogP contribution in [0.25, 0.3) is 0 Å². The van der Waals surface area contributed by atoms with Gasteiger partial charge >= 0.3 is 0 Å². The summed E-state index contributed by atoms with van der Waals surface area (Å²) in [6, 6.07) is 6.18. The van der Waals surface area contributed by atoms with Crippen LogP contribution >= 0.6 is 11.3 Å². The molecular formula is C16H24N4S. The van der Waals surface area contributed by atoms with Gasteiger partial charge in [-0.05, 0) is 39.8 Å². The van der Waals surface area contributed by atoms with E-state index < -0.39 is 0 Å². The van der Waals surface area contributed by atoms with Gasteiger partial charge in [0.2, 0.25) is 0 Å². The van der Waals surface area contributed by atoms with Gasteiger partial charge in [0.15, 0.2) is 0 Å². The summed E-state index contributed by atoms with van der Waals surface area (Å²) in [6.07, 6.45) is 0. The molecule has 0 unspecified atom stereocenters. The van der Waals surface area contributed by atoms with E-state index in [1.54, 1.807) is 11.3 Å². The monoisotopic (exact) mass is 304 g/mol. The van der Waals surface area contributed by atoms with E-state index in [0.29, 0.717) is 0 Å². The molecule has 0 amide bonds. The van der Waals surface area contributed by atoms with E-state index in [1.807, 2.05) is 5.51 Å². The predicted molar refractivity (Wildman–Crippen MR) is 89.8 cm³/mol. The second-order valence-electron chi connectivity index (χ2n) is 6.31. The van der Waals surface area contributed by atoms with Gasteiger partial charge in [0, 0.05) is 24.0 Å². The molecule has 2 rings (SSSR count). The molecule has 0 aliphatic heterocycles. The Morgan fingerprint density at radius 3 is 2.67 bits per heavy atom. The van der Waals surface area contributed by atoms with Crippen molar-refractivity contribution >= 4 is 17.2 Å². The van der Waals surface area contributed by atoms with Gasteiger partial charge in [-0.15, -0.1) is 11.3 Å². The molecular weight excluding hydrogens is 280 g/mol. The van der Waals surface area contributed by atoms with E-state index in [1.165, 1.54) is 4.88 Å². The van der Waals surface area contributed by atoms with Gasteiger partial charge in [-0.1, -0.05) is 6.07 Å². The van der Waals surface area contributed by atoms with Crippen LogP contribution in [-0.2, 0) is 13.1 Å². The molecule has 0 aliphatic rings. The molecule has 1 N–H and O–H groups in total. The largest absolute Gasteiger partial charge is 0.354 e. The Kier molecular flexibility index (Phi) is 4.96. The number of rotatable bonds is 5. The lowest BCUT2D eigenvalue weighted by Gasteiger charge is -2.21. The van der Waals surface area contributed by atoms with E-state index in [4.69, 9.17) is 4.98 Å². The van der Waals surface area contributed by atoms with Crippen LogP contribution in [-0.4, -0.2) is 22.6 Å². The Hall–Kier alpha value is -1.46. The highest BCUT2D eigenvalue weighted by Crippen LogP contribution is 2.18. The fraction of sp³-hybridized carbons (Fsp3) is 0.500. The van der Waals surface area contributed by atoms with E-state index in [2.05, 4.69) is 68.1 Å². The van der Waals surface area contributed by atoms with Crippen molar-refractivity contribution in [3.63, 3.8) is 0 Å². The molecule has 0 aliphatic carbocycles. The van der Waals surface area contributed by atoms with E-state index >= 15 is 0 Å². The van der Waals surface area contributed by atoms with Crippen molar-refractivity contribution in [2.45, 2.75) is 46.3 Å². The number of nitrogens with zero attached hydrogens (tertiary/aromatic N) is 3. The summed E-state index contributed by atoms with van der Waals surface area (Å²) in [4.78, 5) is 12.5. The molecule has 0 atom stereocenters. The van der Waals surface area contributed by atoms with Crippen LogP contribution in [0.2, 0.25) is 0 Å². The molecule has 21 heavy (non-hydrogen) atoms. The Balaban J connectivity index is 2.04. The summed E-state index contributed by atoms with van der Waals surface area (Å²) in [6.45, 7) is 10.2. The minimum absolute atomic E-state index is 0.101. The summed E-state index contributed by atoms with van der Waals surface area (Å²) in [7, 11) is 2.07. The molecule has 0 spiro atoms. The third-order valence-corrected chi connectivity index (χ3v) is 4.13. The molecule has 2 aromatic rings. The minimum atomic E-state index is 0.101. The third-order valence-electron chi connectivity index (χ3n) is 3.21. The average molecular weight is 304 g/mol. The maximum Gasteiger partial charge on any atom is 0.128 e. The molecule has 5 heteroatoms. The zero-order chi connectivity index (χ0) is 15.5. The van der Waals surface area contributed by atoms with Crippen molar-refractivity contribution in [1.82, 2.24) is 15.3 Å². The summed E-state index contributed by atoms with van der Waals surface area (Å²) in [5, 5.41) is 3.47. The van der Waals surface area contributed by atoms with Crippen molar-refractivity contribution in [1.29, 1.82) is 0 Å². The van der Waals surface area contributed by atoms with Crippen molar-refractivity contribution < 1.29 is 0 Å². The van der Waals surface area contributed by atoms with Gasteiger partial charge in [0.1, 0.15) is 5.82 Å². The van der Waals surface area contributed by atoms with Crippen LogP contribution < -0.4 is 10.2 Å². The SMILES string of the molecule is Cc1ncsc1CN(C)c1cccc(CNC(C)(C)C)n1. The van der Waals surface area contributed by atoms with Crippen LogP contribution in [0.3, 0.4) is 0 Å². The summed E-state index contributed by atoms with van der Waals surface area (Å²) in [5.74, 6) is 0.996. The van der Waals surface area contributed by atoms with E-state index in [9.17, 15) is 0 Å². The van der Waals surface area contributed by atoms with Gasteiger partial charge in [-0.25, -0.2) is 9.97 Å². The van der Waals surface area contributed by atoms with Gasteiger partial charge in [-0.3, -0.25) is 0 Å². The molecule has 2 heterocycles. The number of nitrogens with one attached hydrogen (secondary N) is 1. The molecule has 0 fully saturated rings. The number of thiazole rings is 1. The maximum absolute atomic E-state index is 4.73. The minimum Gasteiger partial charge on any atom is -0.354 e. The second kappa shape index (κ2) is 6.54. The van der Waals surface area contributed by atoms with Gasteiger partial charge in [0.05, 0.1) is 23.4 Å². The molecule has 0 radical (unpaired) electrons. The maximum atomic E-state index is 4.73. The van der Waals surface area contributed by atoms with Gasteiger partial charge in [-0.2, -0.15) is 0 Å². The smallest absolute Gasteiger partial charge is 0.128 e. The molecule has 0 saturated carbocycles. The second-order valence-corrected chi connectivity index (χ2v) is 7.25. The first-order chi connectivity index (χ1) is 9.85. The zero-order valence-electron chi connectivity index (χ0n) is 13.5. The van der Waals surface area contributed by atoms with Gasteiger partial charge in [0.25, 0.3) is 0 Å². The molecule has 0 bridgehead atoms. The lowest BCUT2D eigenvalue weighted by atomic mass is 10.1. The Morgan fingerprint density at radius 1 is 1.29 bits per heavy atom.